The summed E-state index contributed by atoms with van der Waals surface area (Å²) in [6.45, 7) is 6.83. The third-order valence-electron chi connectivity index (χ3n) is 3.46. The number of nitro groups is 1. The van der Waals surface area contributed by atoms with Crippen LogP contribution in [0.5, 0.6) is 0 Å². The van der Waals surface area contributed by atoms with Crippen LogP contribution in [0.2, 0.25) is 0 Å². The highest BCUT2D eigenvalue weighted by Gasteiger charge is 2.32. The minimum atomic E-state index is -0.360. The average Bonchev–Trinajstić information content (AvgIpc) is 2.68. The van der Waals surface area contributed by atoms with Gasteiger partial charge in [-0.1, -0.05) is 0 Å². The lowest BCUT2D eigenvalue weighted by Crippen LogP contribution is -2.37. The fraction of sp³-hybridized carbons (Fsp3) is 0.750. The number of aryl methyl sites for hydroxylation is 1. The molecule has 2 rings (SSSR count). The van der Waals surface area contributed by atoms with Crippen LogP contribution in [0.3, 0.4) is 0 Å². The van der Waals surface area contributed by atoms with E-state index >= 15 is 0 Å². The summed E-state index contributed by atoms with van der Waals surface area (Å²) in [6, 6.07) is 0.0641. The number of rotatable bonds is 3. The number of hydrogen-bond donors (Lipinski definition) is 1. The highest BCUT2D eigenvalue weighted by molar-refractivity contribution is 5.61. The molecule has 0 unspecified atom stereocenters. The van der Waals surface area contributed by atoms with Gasteiger partial charge in [-0.25, -0.2) is 4.68 Å². The topological polar surface area (TPSA) is 84.4 Å². The van der Waals surface area contributed by atoms with E-state index in [-0.39, 0.29) is 22.8 Å². The summed E-state index contributed by atoms with van der Waals surface area (Å²) in [5.74, 6) is 0.574. The van der Waals surface area contributed by atoms with E-state index < -0.39 is 0 Å². The van der Waals surface area contributed by atoms with E-state index in [1.165, 1.54) is 0 Å². The van der Waals surface area contributed by atoms with Crippen molar-refractivity contribution in [3.05, 3.63) is 15.8 Å². The van der Waals surface area contributed by atoms with Gasteiger partial charge in [-0.05, 0) is 33.6 Å². The SMILES string of the molecule is Cc1nn(C(C)C)c(N2CCC(O)CC2)c1[N+](=O)[O-]. The van der Waals surface area contributed by atoms with Gasteiger partial charge in [-0.2, -0.15) is 5.10 Å². The van der Waals surface area contributed by atoms with E-state index in [1.807, 2.05) is 18.7 Å². The Morgan fingerprint density at radius 2 is 2.00 bits per heavy atom. The van der Waals surface area contributed by atoms with Gasteiger partial charge < -0.3 is 10.0 Å². The fourth-order valence-corrected chi connectivity index (χ4v) is 2.47. The van der Waals surface area contributed by atoms with Gasteiger partial charge in [-0.3, -0.25) is 10.1 Å². The molecule has 2 heterocycles. The van der Waals surface area contributed by atoms with Crippen LogP contribution in [-0.4, -0.2) is 39.0 Å². The molecule has 19 heavy (non-hydrogen) atoms. The Kier molecular flexibility index (Phi) is 3.75. The second-order valence-corrected chi connectivity index (χ2v) is 5.27. The van der Waals surface area contributed by atoms with Crippen molar-refractivity contribution in [2.75, 3.05) is 18.0 Å². The molecule has 0 aromatic carbocycles. The zero-order valence-electron chi connectivity index (χ0n) is 11.5. The van der Waals surface area contributed by atoms with Crippen molar-refractivity contribution in [2.45, 2.75) is 45.8 Å². The smallest absolute Gasteiger partial charge is 0.333 e. The molecule has 0 spiro atoms. The first-order valence-corrected chi connectivity index (χ1v) is 6.58. The Bertz CT molecular complexity index is 476. The standard InChI is InChI=1S/C12H20N4O3/c1-8(2)15-12(11(16(18)19)9(3)13-15)14-6-4-10(17)5-7-14/h8,10,17H,4-7H2,1-3H3. The summed E-state index contributed by atoms with van der Waals surface area (Å²) < 4.78 is 1.71. The third kappa shape index (κ3) is 2.56. The molecule has 1 fully saturated rings. The van der Waals surface area contributed by atoms with Crippen LogP contribution in [0.1, 0.15) is 38.4 Å². The Balaban J connectivity index is 2.44. The van der Waals surface area contributed by atoms with E-state index in [1.54, 1.807) is 11.6 Å². The molecule has 1 aliphatic rings. The monoisotopic (exact) mass is 268 g/mol. The van der Waals surface area contributed by atoms with Crippen LogP contribution in [0.25, 0.3) is 0 Å². The van der Waals surface area contributed by atoms with Gasteiger partial charge in [-0.15, -0.1) is 0 Å². The lowest BCUT2D eigenvalue weighted by atomic mass is 10.1. The molecule has 1 aromatic heterocycles. The zero-order valence-corrected chi connectivity index (χ0v) is 11.5. The maximum absolute atomic E-state index is 11.3. The predicted octanol–water partition coefficient (Wildman–Crippen LogP) is 1.64. The second kappa shape index (κ2) is 5.16. The summed E-state index contributed by atoms with van der Waals surface area (Å²) in [5.41, 5.74) is 0.532. The first-order valence-electron chi connectivity index (χ1n) is 6.58. The highest BCUT2D eigenvalue weighted by atomic mass is 16.6. The summed E-state index contributed by atoms with van der Waals surface area (Å²) in [5, 5.41) is 25.1. The van der Waals surface area contributed by atoms with E-state index in [0.29, 0.717) is 37.4 Å². The number of nitrogens with zero attached hydrogens (tertiary/aromatic N) is 4. The summed E-state index contributed by atoms with van der Waals surface area (Å²) in [6.07, 6.45) is 0.978. The minimum Gasteiger partial charge on any atom is -0.393 e. The molecule has 1 aromatic rings. The zero-order chi connectivity index (χ0) is 14.2. The van der Waals surface area contributed by atoms with Crippen LogP contribution in [0.4, 0.5) is 11.5 Å². The number of aliphatic hydroxyl groups excluding tert-OH is 1. The number of piperidine rings is 1. The van der Waals surface area contributed by atoms with Gasteiger partial charge in [0, 0.05) is 19.1 Å². The summed E-state index contributed by atoms with van der Waals surface area (Å²) in [4.78, 5) is 12.9. The molecule has 1 saturated heterocycles. The van der Waals surface area contributed by atoms with E-state index in [9.17, 15) is 15.2 Å². The van der Waals surface area contributed by atoms with Crippen molar-refractivity contribution in [2.24, 2.45) is 0 Å². The van der Waals surface area contributed by atoms with Crippen LogP contribution >= 0.6 is 0 Å². The van der Waals surface area contributed by atoms with Gasteiger partial charge in [0.25, 0.3) is 0 Å². The summed E-state index contributed by atoms with van der Waals surface area (Å²) >= 11 is 0. The molecule has 0 amide bonds. The van der Waals surface area contributed by atoms with Gasteiger partial charge in [0.2, 0.25) is 5.82 Å². The molecule has 7 nitrogen and oxygen atoms in total. The van der Waals surface area contributed by atoms with Crippen molar-refractivity contribution >= 4 is 11.5 Å². The summed E-state index contributed by atoms with van der Waals surface area (Å²) in [7, 11) is 0. The quantitative estimate of drug-likeness (QED) is 0.665. The molecule has 7 heteroatoms. The predicted molar refractivity (Wildman–Crippen MR) is 71.5 cm³/mol. The van der Waals surface area contributed by atoms with E-state index in [2.05, 4.69) is 5.10 Å². The lowest BCUT2D eigenvalue weighted by molar-refractivity contribution is -0.384. The molecule has 0 atom stereocenters. The Labute approximate surface area is 112 Å². The molecule has 0 aliphatic carbocycles. The molecule has 0 bridgehead atoms. The van der Waals surface area contributed by atoms with Crippen LogP contribution < -0.4 is 4.90 Å². The fourth-order valence-electron chi connectivity index (χ4n) is 2.47. The molecule has 1 N–H and O–H groups in total. The second-order valence-electron chi connectivity index (χ2n) is 5.27. The van der Waals surface area contributed by atoms with Crippen molar-refractivity contribution in [1.82, 2.24) is 9.78 Å². The number of anilines is 1. The molecular formula is C12H20N4O3. The molecule has 0 saturated carbocycles. The van der Waals surface area contributed by atoms with Crippen LogP contribution in [0.15, 0.2) is 0 Å². The van der Waals surface area contributed by atoms with E-state index in [4.69, 9.17) is 0 Å². The number of aliphatic hydroxyl groups is 1. The maximum atomic E-state index is 11.3. The minimum absolute atomic E-state index is 0.0641. The average molecular weight is 268 g/mol. The third-order valence-corrected chi connectivity index (χ3v) is 3.46. The molecule has 0 radical (unpaired) electrons. The van der Waals surface area contributed by atoms with Gasteiger partial charge in [0.1, 0.15) is 5.69 Å². The van der Waals surface area contributed by atoms with Crippen LogP contribution in [0, 0.1) is 17.0 Å². The molecular weight excluding hydrogens is 248 g/mol. The largest absolute Gasteiger partial charge is 0.393 e. The highest BCUT2D eigenvalue weighted by Crippen LogP contribution is 2.35. The Morgan fingerprint density at radius 3 is 2.47 bits per heavy atom. The van der Waals surface area contributed by atoms with Gasteiger partial charge in [0.05, 0.1) is 11.0 Å². The Morgan fingerprint density at radius 1 is 1.42 bits per heavy atom. The van der Waals surface area contributed by atoms with Crippen LogP contribution in [-0.2, 0) is 0 Å². The van der Waals surface area contributed by atoms with Crippen molar-refractivity contribution < 1.29 is 10.0 Å². The van der Waals surface area contributed by atoms with Crippen molar-refractivity contribution in [1.29, 1.82) is 0 Å². The lowest BCUT2D eigenvalue weighted by Gasteiger charge is -2.31. The first kappa shape index (κ1) is 13.8. The number of aromatic nitrogens is 2. The van der Waals surface area contributed by atoms with Crippen molar-refractivity contribution in [3.8, 4) is 0 Å². The Hall–Kier alpha value is -1.63. The maximum Gasteiger partial charge on any atom is 0.333 e. The molecule has 1 aliphatic heterocycles. The van der Waals surface area contributed by atoms with Gasteiger partial charge in [0.15, 0.2) is 0 Å². The van der Waals surface area contributed by atoms with Crippen molar-refractivity contribution in [3.63, 3.8) is 0 Å². The van der Waals surface area contributed by atoms with Gasteiger partial charge >= 0.3 is 5.69 Å². The first-order chi connectivity index (χ1) is 8.91. The molecule has 106 valence electrons. The van der Waals surface area contributed by atoms with E-state index in [0.717, 1.165) is 0 Å². The normalized spacial score (nSPS) is 17.2. The number of hydrogen-bond acceptors (Lipinski definition) is 5.